The highest BCUT2D eigenvalue weighted by molar-refractivity contribution is 5.78. The maximum atomic E-state index is 12.8. The molecule has 4 nitrogen and oxygen atoms in total. The molecule has 2 aromatic rings. The summed E-state index contributed by atoms with van der Waals surface area (Å²) >= 11 is 0. The number of aryl methyl sites for hydroxylation is 1. The first kappa shape index (κ1) is 19.8. The Kier molecular flexibility index (Phi) is 5.05. The summed E-state index contributed by atoms with van der Waals surface area (Å²) in [5.41, 5.74) is 1.75. The number of nitrogens with zero attached hydrogens (tertiary/aromatic N) is 1. The molecule has 2 unspecified atom stereocenters. The van der Waals surface area contributed by atoms with Crippen LogP contribution in [0.25, 0.3) is 0 Å². The van der Waals surface area contributed by atoms with Crippen LogP contribution in [-0.2, 0) is 4.79 Å². The Balaban J connectivity index is 1.32. The molecular weight excluding hydrogens is 362 g/mol. The van der Waals surface area contributed by atoms with Crippen LogP contribution in [0.2, 0.25) is 0 Å². The van der Waals surface area contributed by atoms with Gasteiger partial charge >= 0.3 is 0 Å². The molecule has 1 heterocycles. The third kappa shape index (κ3) is 4.58. The summed E-state index contributed by atoms with van der Waals surface area (Å²) in [6.45, 7) is 9.96. The predicted molar refractivity (Wildman–Crippen MR) is 114 cm³/mol. The van der Waals surface area contributed by atoms with Crippen molar-refractivity contribution in [1.82, 2.24) is 4.90 Å². The molecule has 2 aromatic carbocycles. The molecule has 2 aliphatic rings. The van der Waals surface area contributed by atoms with E-state index in [4.69, 9.17) is 9.47 Å². The van der Waals surface area contributed by atoms with Crippen LogP contribution in [0.1, 0.15) is 45.6 Å². The third-order valence-electron chi connectivity index (χ3n) is 6.18. The highest BCUT2D eigenvalue weighted by Crippen LogP contribution is 2.52. The molecule has 154 valence electrons. The van der Waals surface area contributed by atoms with E-state index in [-0.39, 0.29) is 17.9 Å². The summed E-state index contributed by atoms with van der Waals surface area (Å²) in [7, 11) is 0. The fourth-order valence-corrected chi connectivity index (χ4v) is 5.33. The van der Waals surface area contributed by atoms with Crippen LogP contribution >= 0.6 is 0 Å². The Morgan fingerprint density at radius 2 is 1.55 bits per heavy atom. The summed E-state index contributed by atoms with van der Waals surface area (Å²) in [5, 5.41) is 0. The number of fused-ring (bicyclic) bond motifs is 2. The number of likely N-dealkylation sites (tertiary alicyclic amines) is 1. The lowest BCUT2D eigenvalue weighted by Gasteiger charge is -2.39. The molecule has 1 saturated heterocycles. The number of benzene rings is 2. The van der Waals surface area contributed by atoms with E-state index in [1.54, 1.807) is 0 Å². The largest absolute Gasteiger partial charge is 0.484 e. The molecule has 29 heavy (non-hydrogen) atoms. The zero-order valence-electron chi connectivity index (χ0n) is 17.9. The molecule has 0 spiro atoms. The molecule has 1 aliphatic carbocycles. The van der Waals surface area contributed by atoms with E-state index in [9.17, 15) is 4.79 Å². The molecule has 0 aromatic heterocycles. The molecule has 1 amide bonds. The minimum Gasteiger partial charge on any atom is -0.484 e. The highest BCUT2D eigenvalue weighted by Gasteiger charge is 2.50. The number of hydrogen-bond donors (Lipinski definition) is 0. The fraction of sp³-hybridized carbons (Fsp3) is 0.480. The summed E-state index contributed by atoms with van der Waals surface area (Å²) in [5.74, 6) is 2.33. The van der Waals surface area contributed by atoms with Crippen molar-refractivity contribution in [3.63, 3.8) is 0 Å². The lowest BCUT2D eigenvalue weighted by Crippen LogP contribution is -2.40. The number of ether oxygens (including phenoxy) is 2. The number of amides is 1. The van der Waals surface area contributed by atoms with Gasteiger partial charge in [0.15, 0.2) is 6.61 Å². The Hall–Kier alpha value is -2.49. The molecule has 2 fully saturated rings. The van der Waals surface area contributed by atoms with Crippen molar-refractivity contribution in [3.8, 4) is 17.2 Å². The molecule has 4 rings (SSSR count). The van der Waals surface area contributed by atoms with Gasteiger partial charge in [0.25, 0.3) is 5.91 Å². The number of hydrogen-bond acceptors (Lipinski definition) is 3. The summed E-state index contributed by atoms with van der Waals surface area (Å²) in [6.07, 6.45) is 3.39. The predicted octanol–water partition coefficient (Wildman–Crippen LogP) is 5.59. The number of carbonyl (C=O) groups is 1. The van der Waals surface area contributed by atoms with Gasteiger partial charge < -0.3 is 14.4 Å². The Morgan fingerprint density at radius 1 is 0.966 bits per heavy atom. The zero-order valence-corrected chi connectivity index (χ0v) is 17.9. The lowest BCUT2D eigenvalue weighted by atomic mass is 9.65. The van der Waals surface area contributed by atoms with Gasteiger partial charge in [-0.25, -0.2) is 0 Å². The normalized spacial score (nSPS) is 25.0. The first-order valence-corrected chi connectivity index (χ1v) is 10.5. The van der Waals surface area contributed by atoms with Crippen molar-refractivity contribution in [1.29, 1.82) is 0 Å². The van der Waals surface area contributed by atoms with Crippen LogP contribution in [0.4, 0.5) is 0 Å². The molecule has 2 bridgehead atoms. The van der Waals surface area contributed by atoms with Crippen molar-refractivity contribution in [2.24, 2.45) is 10.8 Å². The van der Waals surface area contributed by atoms with E-state index < -0.39 is 0 Å². The average molecular weight is 394 g/mol. The van der Waals surface area contributed by atoms with Crippen molar-refractivity contribution < 1.29 is 14.3 Å². The quantitative estimate of drug-likeness (QED) is 0.664. The Morgan fingerprint density at radius 3 is 2.21 bits per heavy atom. The molecule has 1 aliphatic heterocycles. The minimum absolute atomic E-state index is 0.0885. The highest BCUT2D eigenvalue weighted by atomic mass is 16.5. The maximum Gasteiger partial charge on any atom is 0.260 e. The van der Waals surface area contributed by atoms with Crippen LogP contribution in [-0.4, -0.2) is 30.0 Å². The van der Waals surface area contributed by atoms with E-state index >= 15 is 0 Å². The summed E-state index contributed by atoms with van der Waals surface area (Å²) in [4.78, 5) is 14.9. The molecule has 1 saturated carbocycles. The van der Waals surface area contributed by atoms with E-state index in [0.29, 0.717) is 17.2 Å². The van der Waals surface area contributed by atoms with E-state index in [1.165, 1.54) is 12.0 Å². The van der Waals surface area contributed by atoms with Gasteiger partial charge in [-0.05, 0) is 73.4 Å². The van der Waals surface area contributed by atoms with Crippen LogP contribution in [0.3, 0.4) is 0 Å². The van der Waals surface area contributed by atoms with Gasteiger partial charge in [0.05, 0.1) is 0 Å². The molecule has 2 atom stereocenters. The molecule has 0 N–H and O–H groups in total. The first-order chi connectivity index (χ1) is 13.7. The monoisotopic (exact) mass is 393 g/mol. The van der Waals surface area contributed by atoms with Gasteiger partial charge in [-0.15, -0.1) is 0 Å². The van der Waals surface area contributed by atoms with E-state index in [0.717, 1.165) is 30.9 Å². The smallest absolute Gasteiger partial charge is 0.260 e. The fourth-order valence-electron chi connectivity index (χ4n) is 5.33. The minimum atomic E-state index is 0.0885. The van der Waals surface area contributed by atoms with Gasteiger partial charge in [-0.2, -0.15) is 0 Å². The van der Waals surface area contributed by atoms with Crippen LogP contribution in [0.15, 0.2) is 48.5 Å². The van der Waals surface area contributed by atoms with Gasteiger partial charge in [-0.1, -0.05) is 38.5 Å². The molecular formula is C25H31NO3. The number of rotatable bonds is 5. The molecule has 0 radical (unpaired) electrons. The van der Waals surface area contributed by atoms with Crippen molar-refractivity contribution in [2.75, 3.05) is 13.2 Å². The van der Waals surface area contributed by atoms with E-state index in [1.807, 2.05) is 55.5 Å². The lowest BCUT2D eigenvalue weighted by molar-refractivity contribution is -0.134. The van der Waals surface area contributed by atoms with Gasteiger partial charge in [0.1, 0.15) is 17.2 Å². The second-order valence-corrected chi connectivity index (χ2v) is 9.91. The average Bonchev–Trinajstić information content (AvgIpc) is 2.91. The van der Waals surface area contributed by atoms with Crippen LogP contribution < -0.4 is 9.47 Å². The second-order valence-electron chi connectivity index (χ2n) is 9.91. The van der Waals surface area contributed by atoms with Crippen molar-refractivity contribution in [2.45, 2.75) is 53.0 Å². The SMILES string of the molecule is Cc1ccc(Oc2ccc(OCC(=O)N3CC4(C)CC3CC(C)(C)C4)cc2)cc1. The maximum absolute atomic E-state index is 12.8. The van der Waals surface area contributed by atoms with E-state index in [2.05, 4.69) is 25.7 Å². The Bertz CT molecular complexity index is 872. The van der Waals surface area contributed by atoms with Crippen LogP contribution in [0.5, 0.6) is 17.2 Å². The van der Waals surface area contributed by atoms with Gasteiger partial charge in [0.2, 0.25) is 0 Å². The third-order valence-corrected chi connectivity index (χ3v) is 6.18. The molecule has 4 heteroatoms. The zero-order chi connectivity index (χ0) is 20.6. The first-order valence-electron chi connectivity index (χ1n) is 10.5. The Labute approximate surface area is 173 Å². The topological polar surface area (TPSA) is 38.8 Å². The van der Waals surface area contributed by atoms with Gasteiger partial charge in [-0.3, -0.25) is 4.79 Å². The summed E-state index contributed by atoms with van der Waals surface area (Å²) < 4.78 is 11.6. The van der Waals surface area contributed by atoms with Crippen LogP contribution in [0, 0.1) is 17.8 Å². The second kappa shape index (κ2) is 7.40. The van der Waals surface area contributed by atoms with Crippen molar-refractivity contribution in [3.05, 3.63) is 54.1 Å². The van der Waals surface area contributed by atoms with Crippen molar-refractivity contribution >= 4 is 5.91 Å². The number of carbonyl (C=O) groups excluding carboxylic acids is 1. The standard InChI is InChI=1S/C25H31NO3/c1-18-5-7-21(8-6-18)29-22-11-9-20(10-12-22)28-15-23(27)26-17-25(4)14-19(26)13-24(2,3)16-25/h5-12,19H,13-17H2,1-4H3. The van der Waals surface area contributed by atoms with Gasteiger partial charge in [0, 0.05) is 12.6 Å². The summed E-state index contributed by atoms with van der Waals surface area (Å²) in [6, 6.07) is 15.7.